The van der Waals surface area contributed by atoms with Gasteiger partial charge in [0, 0.05) is 16.4 Å². The van der Waals surface area contributed by atoms with Gasteiger partial charge in [0.2, 0.25) is 0 Å². The second-order valence-corrected chi connectivity index (χ2v) is 18.6. The molecule has 4 N–H and O–H groups in total. The number of aliphatic carboxylic acids is 1. The lowest BCUT2D eigenvalue weighted by Gasteiger charge is -2.71. The normalized spacial score (nSPS) is 44.3. The molecule has 4 fully saturated rings. The van der Waals surface area contributed by atoms with Crippen molar-refractivity contribution < 1.29 is 19.4 Å². The molecule has 0 aromatic carbocycles. The van der Waals surface area contributed by atoms with Crippen LogP contribution in [0.5, 0.6) is 0 Å². The van der Waals surface area contributed by atoms with E-state index in [2.05, 4.69) is 96.0 Å². The van der Waals surface area contributed by atoms with Crippen molar-refractivity contribution in [2.75, 3.05) is 32.6 Å². The molecule has 2 bridgehead atoms. The molecule has 6 rings (SSSR count). The van der Waals surface area contributed by atoms with E-state index < -0.39 is 11.9 Å². The molecule has 1 aromatic rings. The number of carboxylic acids is 1. The number of aromatic nitrogens is 4. The Labute approximate surface area is 288 Å². The fourth-order valence-corrected chi connectivity index (χ4v) is 12.3. The maximum atomic E-state index is 13.4. The molecule has 10 heteroatoms. The molecule has 270 valence electrons. The summed E-state index contributed by atoms with van der Waals surface area (Å²) in [5.74, 6) is 0.886. The first kappa shape index (κ1) is 35.8. The van der Waals surface area contributed by atoms with Crippen molar-refractivity contribution in [2.45, 2.75) is 125 Å². The number of ether oxygens (including phenoxy) is 2. The summed E-state index contributed by atoms with van der Waals surface area (Å²) in [4.78, 5) is 15.2. The minimum absolute atomic E-state index is 0.144. The Kier molecular flexibility index (Phi) is 8.76. The highest BCUT2D eigenvalue weighted by Gasteiger charge is 2.72. The number of rotatable bonds is 9. The number of nitrogen functional groups attached to an aromatic ring is 1. The Morgan fingerprint density at radius 3 is 2.44 bits per heavy atom. The van der Waals surface area contributed by atoms with Crippen LogP contribution >= 0.6 is 0 Å². The van der Waals surface area contributed by atoms with E-state index in [1.165, 1.54) is 5.57 Å². The topological polar surface area (TPSA) is 137 Å². The molecule has 3 saturated carbocycles. The van der Waals surface area contributed by atoms with Crippen LogP contribution in [-0.2, 0) is 14.3 Å². The molecule has 1 saturated heterocycles. The maximum Gasteiger partial charge on any atom is 0.307 e. The molecule has 1 unspecified atom stereocenters. The van der Waals surface area contributed by atoms with Gasteiger partial charge < -0.3 is 25.6 Å². The second kappa shape index (κ2) is 11.8. The minimum Gasteiger partial charge on any atom is -0.481 e. The van der Waals surface area contributed by atoms with Crippen LogP contribution in [0.25, 0.3) is 0 Å². The summed E-state index contributed by atoms with van der Waals surface area (Å²) in [6, 6.07) is -0.165. The molecular formula is C38H64N6O4. The number of tetrazole rings is 1. The zero-order valence-electron chi connectivity index (χ0n) is 31.6. The van der Waals surface area contributed by atoms with Crippen molar-refractivity contribution >= 4 is 11.9 Å². The summed E-state index contributed by atoms with van der Waals surface area (Å²) in [6.07, 6.45) is 7.96. The molecule has 0 radical (unpaired) electrons. The number of anilines is 1. The smallest absolute Gasteiger partial charge is 0.307 e. The van der Waals surface area contributed by atoms with Gasteiger partial charge in [0.1, 0.15) is 6.04 Å². The Morgan fingerprint density at radius 2 is 1.85 bits per heavy atom. The molecule has 0 amide bonds. The van der Waals surface area contributed by atoms with Crippen LogP contribution < -0.4 is 11.1 Å². The molecule has 48 heavy (non-hydrogen) atoms. The lowest BCUT2D eigenvalue weighted by Crippen LogP contribution is -2.69. The standard InChI is InChI=1S/C38H64N6O4/c1-22(2)24(5)33(6)16-17-35(8)25-12-13-28-34(7)19-47-21-38(28,26(25)14-15-36(35,9)29(33)31(45)46)18-27(44-42-32(39)41-43-44)30(34)48-20-37(10,40-11)23(3)4/h14,22-25,27-30,40H,12-13,15-21H2,1-11H3,(H2,39,42)(H,45,46)/t24-,25+,27-,28+,29-,30?,33-,34-,35-,36+,37+,38+/m1/s1. The Morgan fingerprint density at radius 1 is 1.15 bits per heavy atom. The number of carboxylic acid groups (broad SMARTS) is 1. The largest absolute Gasteiger partial charge is 0.481 e. The summed E-state index contributed by atoms with van der Waals surface area (Å²) in [5, 5.41) is 27.8. The summed E-state index contributed by atoms with van der Waals surface area (Å²) in [7, 11) is 2.01. The highest BCUT2D eigenvalue weighted by atomic mass is 16.5. The van der Waals surface area contributed by atoms with Gasteiger partial charge in [-0.3, -0.25) is 4.79 Å². The lowest BCUT2D eigenvalue weighted by molar-refractivity contribution is -0.254. The average molecular weight is 669 g/mol. The van der Waals surface area contributed by atoms with Crippen LogP contribution in [0.4, 0.5) is 5.95 Å². The quantitative estimate of drug-likeness (QED) is 0.255. The van der Waals surface area contributed by atoms with Gasteiger partial charge in [0.15, 0.2) is 0 Å². The zero-order chi connectivity index (χ0) is 35.2. The molecule has 5 aliphatic rings. The van der Waals surface area contributed by atoms with Crippen LogP contribution in [-0.4, -0.2) is 69.8 Å². The number of allylic oxidation sites excluding steroid dienone is 1. The monoisotopic (exact) mass is 668 g/mol. The molecule has 10 nitrogen and oxygen atoms in total. The van der Waals surface area contributed by atoms with Crippen molar-refractivity contribution in [1.29, 1.82) is 0 Å². The third-order valence-corrected chi connectivity index (χ3v) is 16.2. The van der Waals surface area contributed by atoms with Crippen LogP contribution in [0.1, 0.15) is 114 Å². The number of nitrogens with zero attached hydrogens (tertiary/aromatic N) is 4. The van der Waals surface area contributed by atoms with Gasteiger partial charge in [0.25, 0.3) is 5.95 Å². The molecule has 1 aliphatic heterocycles. The Hall–Kier alpha value is -2.04. The van der Waals surface area contributed by atoms with Crippen molar-refractivity contribution in [1.82, 2.24) is 25.5 Å². The highest BCUT2D eigenvalue weighted by molar-refractivity contribution is 5.73. The molecule has 0 spiro atoms. The number of likely N-dealkylation sites (N-methyl/N-ethyl adjacent to an activating group) is 1. The van der Waals surface area contributed by atoms with E-state index in [0.717, 1.165) is 38.5 Å². The molecule has 4 aliphatic carbocycles. The van der Waals surface area contributed by atoms with Gasteiger partial charge in [-0.15, -0.1) is 5.10 Å². The van der Waals surface area contributed by atoms with E-state index >= 15 is 0 Å². The van der Waals surface area contributed by atoms with Gasteiger partial charge >= 0.3 is 5.97 Å². The first-order chi connectivity index (χ1) is 22.3. The van der Waals surface area contributed by atoms with E-state index in [4.69, 9.17) is 15.2 Å². The third-order valence-electron chi connectivity index (χ3n) is 16.2. The number of fused-ring (bicyclic) bond motifs is 3. The number of hydrogen-bond acceptors (Lipinski definition) is 8. The number of hydrogen-bond donors (Lipinski definition) is 3. The van der Waals surface area contributed by atoms with Gasteiger partial charge in [-0.1, -0.05) is 79.1 Å². The van der Waals surface area contributed by atoms with E-state index in [0.29, 0.717) is 49.4 Å². The molecule has 2 heterocycles. The highest BCUT2D eigenvalue weighted by Crippen LogP contribution is 2.75. The zero-order valence-corrected chi connectivity index (χ0v) is 31.6. The van der Waals surface area contributed by atoms with Crippen molar-refractivity contribution in [3.63, 3.8) is 0 Å². The number of nitrogens with one attached hydrogen (secondary N) is 1. The first-order valence-corrected chi connectivity index (χ1v) is 18.7. The van der Waals surface area contributed by atoms with Gasteiger partial charge in [0.05, 0.1) is 31.8 Å². The van der Waals surface area contributed by atoms with Crippen LogP contribution in [0.2, 0.25) is 0 Å². The number of nitrogens with two attached hydrogens (primary N) is 1. The van der Waals surface area contributed by atoms with E-state index in [-0.39, 0.29) is 50.7 Å². The van der Waals surface area contributed by atoms with Crippen molar-refractivity contribution in [2.24, 2.45) is 62.6 Å². The summed E-state index contributed by atoms with van der Waals surface area (Å²) >= 11 is 0. The van der Waals surface area contributed by atoms with E-state index in [9.17, 15) is 9.90 Å². The molecule has 1 aromatic heterocycles. The Balaban J connectivity index is 1.44. The van der Waals surface area contributed by atoms with Crippen molar-refractivity contribution in [3.8, 4) is 0 Å². The Bertz CT molecular complexity index is 1430. The minimum atomic E-state index is -0.627. The average Bonchev–Trinajstić information content (AvgIpc) is 3.45. The summed E-state index contributed by atoms with van der Waals surface area (Å²) in [5.41, 5.74) is 6.10. The second-order valence-electron chi connectivity index (χ2n) is 18.6. The van der Waals surface area contributed by atoms with Gasteiger partial charge in [-0.2, -0.15) is 4.80 Å². The van der Waals surface area contributed by atoms with E-state index in [1.807, 2.05) is 7.05 Å². The fourth-order valence-electron chi connectivity index (χ4n) is 12.3. The number of carbonyl (C=O) groups is 1. The van der Waals surface area contributed by atoms with Crippen LogP contribution in [0.15, 0.2) is 11.6 Å². The van der Waals surface area contributed by atoms with Crippen LogP contribution in [0.3, 0.4) is 0 Å². The fraction of sp³-hybridized carbons (Fsp3) is 0.895. The van der Waals surface area contributed by atoms with Crippen LogP contribution in [0, 0.1) is 62.6 Å². The van der Waals surface area contributed by atoms with Gasteiger partial charge in [-0.25, -0.2) is 0 Å². The van der Waals surface area contributed by atoms with E-state index in [1.54, 1.807) is 4.80 Å². The third kappa shape index (κ3) is 4.80. The first-order valence-electron chi connectivity index (χ1n) is 18.7. The SMILES string of the molecule is CN[C@@](C)(COC1[C@H](n2nnc(N)n2)C[C@@]23COC[C@]1(C)[C@@H]2CC[C@H]1C3=CC[C@@]2(C)[C@H](C(=O)O)[C@@](C)([C@H](C)C(C)C)CC[C@]12C)C(C)C. The van der Waals surface area contributed by atoms with Crippen molar-refractivity contribution in [3.05, 3.63) is 11.6 Å². The maximum absolute atomic E-state index is 13.4. The lowest BCUT2D eigenvalue weighted by atomic mass is 9.34. The van der Waals surface area contributed by atoms with Gasteiger partial charge in [-0.05, 0) is 104 Å². The predicted molar refractivity (Wildman–Crippen MR) is 187 cm³/mol. The predicted octanol–water partition coefficient (Wildman–Crippen LogP) is 6.40. The molecule has 12 atom stereocenters. The summed E-state index contributed by atoms with van der Waals surface area (Å²) in [6.45, 7) is 24.7. The molecular weight excluding hydrogens is 604 g/mol. The summed E-state index contributed by atoms with van der Waals surface area (Å²) < 4.78 is 13.8.